The van der Waals surface area contributed by atoms with Gasteiger partial charge in [0.05, 0.1) is 10.7 Å². The monoisotopic (exact) mass is 349 g/mol. The Labute approximate surface area is 131 Å². The van der Waals surface area contributed by atoms with Gasteiger partial charge in [-0.3, -0.25) is 4.79 Å². The van der Waals surface area contributed by atoms with Crippen LogP contribution in [0.1, 0.15) is 17.9 Å². The lowest BCUT2D eigenvalue weighted by atomic mass is 10.1. The number of amides is 1. The number of halogens is 2. The number of carbonyl (C=O) groups excluding carboxylic acids is 1. The van der Waals surface area contributed by atoms with Gasteiger partial charge in [-0.15, -0.1) is 0 Å². The maximum absolute atomic E-state index is 12.2. The smallest absolute Gasteiger partial charge is 0.228 e. The first-order chi connectivity index (χ1) is 9.65. The van der Waals surface area contributed by atoms with E-state index in [0.29, 0.717) is 16.6 Å². The summed E-state index contributed by atoms with van der Waals surface area (Å²) in [7, 11) is 0. The molecule has 0 aromatic heterocycles. The summed E-state index contributed by atoms with van der Waals surface area (Å²) in [6, 6.07) is 15.5. The molecule has 2 atom stereocenters. The van der Waals surface area contributed by atoms with Crippen LogP contribution in [0.5, 0.6) is 0 Å². The van der Waals surface area contributed by atoms with E-state index < -0.39 is 0 Å². The van der Waals surface area contributed by atoms with Gasteiger partial charge in [0.2, 0.25) is 5.91 Å². The minimum absolute atomic E-state index is 0.0472. The molecule has 0 bridgehead atoms. The summed E-state index contributed by atoms with van der Waals surface area (Å²) < 4.78 is 1.05. The van der Waals surface area contributed by atoms with E-state index in [2.05, 4.69) is 33.4 Å². The summed E-state index contributed by atoms with van der Waals surface area (Å²) in [5.41, 5.74) is 1.90. The average Bonchev–Trinajstić information content (AvgIpc) is 3.23. The Hall–Kier alpha value is -1.32. The zero-order valence-electron chi connectivity index (χ0n) is 10.6. The molecule has 0 radical (unpaired) electrons. The minimum Gasteiger partial charge on any atom is -0.325 e. The maximum Gasteiger partial charge on any atom is 0.228 e. The van der Waals surface area contributed by atoms with Crippen LogP contribution in [-0.2, 0) is 4.79 Å². The van der Waals surface area contributed by atoms with Gasteiger partial charge in [0.15, 0.2) is 0 Å². The third-order valence-corrected chi connectivity index (χ3v) is 4.42. The fraction of sp³-hybridized carbons (Fsp3) is 0.188. The Morgan fingerprint density at radius 2 is 1.85 bits per heavy atom. The summed E-state index contributed by atoms with van der Waals surface area (Å²) >= 11 is 9.46. The second kappa shape index (κ2) is 5.58. The largest absolute Gasteiger partial charge is 0.325 e. The summed E-state index contributed by atoms with van der Waals surface area (Å²) in [5.74, 6) is 0.420. The van der Waals surface area contributed by atoms with Gasteiger partial charge >= 0.3 is 0 Å². The van der Waals surface area contributed by atoms with Crippen molar-refractivity contribution < 1.29 is 4.79 Å². The van der Waals surface area contributed by atoms with Crippen LogP contribution in [-0.4, -0.2) is 5.91 Å². The van der Waals surface area contributed by atoms with Crippen LogP contribution in [0.25, 0.3) is 0 Å². The molecule has 1 amide bonds. The molecule has 0 spiro atoms. The van der Waals surface area contributed by atoms with Crippen LogP contribution in [0.4, 0.5) is 5.69 Å². The van der Waals surface area contributed by atoms with Crippen molar-refractivity contribution in [1.82, 2.24) is 0 Å². The first kappa shape index (κ1) is 13.7. The predicted molar refractivity (Wildman–Crippen MR) is 85.1 cm³/mol. The highest BCUT2D eigenvalue weighted by molar-refractivity contribution is 9.10. The van der Waals surface area contributed by atoms with Crippen molar-refractivity contribution >= 4 is 39.1 Å². The number of carbonyl (C=O) groups is 1. The zero-order chi connectivity index (χ0) is 14.1. The van der Waals surface area contributed by atoms with Crippen LogP contribution in [0.15, 0.2) is 53.0 Å². The first-order valence-corrected chi connectivity index (χ1v) is 7.63. The van der Waals surface area contributed by atoms with Crippen LogP contribution >= 0.6 is 27.5 Å². The van der Waals surface area contributed by atoms with Crippen molar-refractivity contribution in [2.24, 2.45) is 5.92 Å². The predicted octanol–water partition coefficient (Wildman–Crippen LogP) is 4.84. The van der Waals surface area contributed by atoms with Gasteiger partial charge in [0, 0.05) is 10.4 Å². The molecule has 0 heterocycles. The minimum atomic E-state index is 0.0472. The molecule has 1 saturated carbocycles. The molecule has 1 aliphatic carbocycles. The molecule has 2 nitrogen and oxygen atoms in total. The van der Waals surface area contributed by atoms with Gasteiger partial charge in [-0.2, -0.15) is 0 Å². The molecule has 1 N–H and O–H groups in total. The second-order valence-corrected chi connectivity index (χ2v) is 6.29. The highest BCUT2D eigenvalue weighted by Crippen LogP contribution is 2.48. The SMILES string of the molecule is O=C(Nc1ccccc1Cl)C1CC1c1ccc(Br)cc1. The Kier molecular flexibility index (Phi) is 3.81. The van der Waals surface area contributed by atoms with E-state index in [1.54, 1.807) is 6.07 Å². The van der Waals surface area contributed by atoms with Crippen LogP contribution < -0.4 is 5.32 Å². The Morgan fingerprint density at radius 3 is 2.55 bits per heavy atom. The fourth-order valence-corrected chi connectivity index (χ4v) is 2.80. The topological polar surface area (TPSA) is 29.1 Å². The third kappa shape index (κ3) is 2.89. The summed E-state index contributed by atoms with van der Waals surface area (Å²) in [6.45, 7) is 0. The Balaban J connectivity index is 1.66. The molecular formula is C16H13BrClNO. The van der Waals surface area contributed by atoms with Gasteiger partial charge in [0.1, 0.15) is 0 Å². The lowest BCUT2D eigenvalue weighted by Gasteiger charge is -2.06. The van der Waals surface area contributed by atoms with Crippen LogP contribution in [0.2, 0.25) is 5.02 Å². The van der Waals surface area contributed by atoms with Crippen LogP contribution in [0, 0.1) is 5.92 Å². The van der Waals surface area contributed by atoms with Crippen molar-refractivity contribution in [3.05, 3.63) is 63.6 Å². The van der Waals surface area contributed by atoms with Crippen molar-refractivity contribution in [3.8, 4) is 0 Å². The van der Waals surface area contributed by atoms with E-state index in [0.717, 1.165) is 10.9 Å². The van der Waals surface area contributed by atoms with E-state index >= 15 is 0 Å². The standard InChI is InChI=1S/C16H13BrClNO/c17-11-7-5-10(6-8-11)12-9-13(12)16(20)19-15-4-2-1-3-14(15)18/h1-8,12-13H,9H2,(H,19,20). The summed E-state index contributed by atoms with van der Waals surface area (Å²) in [4.78, 5) is 12.2. The van der Waals surface area contributed by atoms with Gasteiger partial charge in [-0.1, -0.05) is 51.8 Å². The number of benzene rings is 2. The molecule has 20 heavy (non-hydrogen) atoms. The maximum atomic E-state index is 12.2. The molecule has 0 saturated heterocycles. The van der Waals surface area contributed by atoms with Crippen molar-refractivity contribution in [2.45, 2.75) is 12.3 Å². The van der Waals surface area contributed by atoms with Gasteiger partial charge in [-0.25, -0.2) is 0 Å². The van der Waals surface area contributed by atoms with E-state index in [-0.39, 0.29) is 11.8 Å². The molecule has 2 aromatic carbocycles. The normalized spacial score (nSPS) is 20.5. The molecule has 102 valence electrons. The van der Waals surface area contributed by atoms with Crippen molar-refractivity contribution in [2.75, 3.05) is 5.32 Å². The lowest BCUT2D eigenvalue weighted by Crippen LogP contribution is -2.14. The molecule has 2 aromatic rings. The molecule has 1 fully saturated rings. The van der Waals surface area contributed by atoms with Crippen LogP contribution in [0.3, 0.4) is 0 Å². The number of rotatable bonds is 3. The lowest BCUT2D eigenvalue weighted by molar-refractivity contribution is -0.117. The molecule has 0 aliphatic heterocycles. The molecule has 4 heteroatoms. The molecule has 3 rings (SSSR count). The summed E-state index contributed by atoms with van der Waals surface area (Å²) in [5, 5.41) is 3.47. The van der Waals surface area contributed by atoms with Gasteiger partial charge in [0.25, 0.3) is 0 Å². The van der Waals surface area contributed by atoms with E-state index in [1.807, 2.05) is 30.3 Å². The van der Waals surface area contributed by atoms with E-state index in [9.17, 15) is 4.79 Å². The van der Waals surface area contributed by atoms with Crippen molar-refractivity contribution in [3.63, 3.8) is 0 Å². The average molecular weight is 351 g/mol. The zero-order valence-corrected chi connectivity index (χ0v) is 13.0. The summed E-state index contributed by atoms with van der Waals surface area (Å²) in [6.07, 6.45) is 0.901. The Bertz CT molecular complexity index is 641. The first-order valence-electron chi connectivity index (χ1n) is 6.46. The molecular weight excluding hydrogens is 338 g/mol. The highest BCUT2D eigenvalue weighted by Gasteiger charge is 2.43. The van der Waals surface area contributed by atoms with Gasteiger partial charge in [-0.05, 0) is 42.2 Å². The number of hydrogen-bond donors (Lipinski definition) is 1. The quantitative estimate of drug-likeness (QED) is 0.843. The third-order valence-electron chi connectivity index (χ3n) is 3.56. The number of hydrogen-bond acceptors (Lipinski definition) is 1. The molecule has 1 aliphatic rings. The number of nitrogens with one attached hydrogen (secondary N) is 1. The second-order valence-electron chi connectivity index (χ2n) is 4.97. The fourth-order valence-electron chi connectivity index (χ4n) is 2.35. The van der Waals surface area contributed by atoms with E-state index in [1.165, 1.54) is 5.56 Å². The van der Waals surface area contributed by atoms with E-state index in [4.69, 9.17) is 11.6 Å². The Morgan fingerprint density at radius 1 is 1.15 bits per heavy atom. The van der Waals surface area contributed by atoms with Crippen molar-refractivity contribution in [1.29, 1.82) is 0 Å². The number of para-hydroxylation sites is 1. The molecule has 2 unspecified atom stereocenters. The highest BCUT2D eigenvalue weighted by atomic mass is 79.9. The number of anilines is 1. The van der Waals surface area contributed by atoms with Gasteiger partial charge < -0.3 is 5.32 Å².